The smallest absolute Gasteiger partial charge is 0.354 e. The van der Waals surface area contributed by atoms with Gasteiger partial charge in [-0.2, -0.15) is 0 Å². The van der Waals surface area contributed by atoms with Gasteiger partial charge in [-0.05, 0) is 12.1 Å². The van der Waals surface area contributed by atoms with Crippen LogP contribution in [0, 0.1) is 0 Å². The highest BCUT2D eigenvalue weighted by Gasteiger charge is 2.07. The van der Waals surface area contributed by atoms with Crippen molar-refractivity contribution in [1.82, 2.24) is 4.98 Å². The van der Waals surface area contributed by atoms with E-state index in [4.69, 9.17) is 0 Å². The summed E-state index contributed by atoms with van der Waals surface area (Å²) in [5, 5.41) is 0.960. The molecular formula is C14H13NO2. The molecule has 0 fully saturated rings. The molecule has 3 heteroatoms. The number of nitrogens with one attached hydrogen (secondary N) is 1. The van der Waals surface area contributed by atoms with Gasteiger partial charge in [-0.15, -0.1) is 0 Å². The summed E-state index contributed by atoms with van der Waals surface area (Å²) in [4.78, 5) is 14.4. The van der Waals surface area contributed by atoms with Crippen molar-refractivity contribution in [1.29, 1.82) is 0 Å². The molecule has 1 N–H and O–H groups in total. The maximum absolute atomic E-state index is 11.4. The Bertz CT molecular complexity index is 542. The lowest BCUT2D eigenvalue weighted by Gasteiger charge is -1.91. The molecule has 0 unspecified atom stereocenters. The highest BCUT2D eigenvalue weighted by molar-refractivity contribution is 5.94. The lowest BCUT2D eigenvalue weighted by atomic mass is 10.3. The van der Waals surface area contributed by atoms with E-state index in [2.05, 4.69) is 9.72 Å². The van der Waals surface area contributed by atoms with Crippen LogP contribution in [0.15, 0.2) is 54.6 Å². The van der Waals surface area contributed by atoms with Crippen LogP contribution in [0.4, 0.5) is 0 Å². The van der Waals surface area contributed by atoms with Crippen LogP contribution in [0.3, 0.4) is 0 Å². The van der Waals surface area contributed by atoms with Crippen molar-refractivity contribution in [2.75, 3.05) is 7.11 Å². The summed E-state index contributed by atoms with van der Waals surface area (Å²) >= 11 is 0. The molecule has 0 atom stereocenters. The Morgan fingerprint density at radius 3 is 2.41 bits per heavy atom. The SMILES string of the molecule is COC(=O)c1cc2ccccccccc2[nH]1. The molecule has 0 radical (unpaired) electrons. The van der Waals surface area contributed by atoms with Crippen molar-refractivity contribution >= 4 is 16.9 Å². The minimum absolute atomic E-state index is 0.361. The third-order valence-corrected chi connectivity index (χ3v) is 2.38. The number of aromatic amines is 1. The Morgan fingerprint density at radius 1 is 1.06 bits per heavy atom. The first kappa shape index (κ1) is 11.2. The van der Waals surface area contributed by atoms with E-state index in [1.807, 2.05) is 48.5 Å². The van der Waals surface area contributed by atoms with Crippen molar-refractivity contribution in [3.63, 3.8) is 0 Å². The van der Waals surface area contributed by atoms with Crippen LogP contribution in [-0.2, 0) is 4.74 Å². The monoisotopic (exact) mass is 227 g/mol. The van der Waals surface area contributed by atoms with Crippen LogP contribution in [0.25, 0.3) is 10.9 Å². The number of H-pyrrole nitrogens is 1. The Labute approximate surface area is 99.4 Å². The van der Waals surface area contributed by atoms with Crippen molar-refractivity contribution in [2.24, 2.45) is 0 Å². The molecule has 1 aromatic carbocycles. The molecule has 0 aliphatic heterocycles. The third-order valence-electron chi connectivity index (χ3n) is 2.38. The van der Waals surface area contributed by atoms with Crippen LogP contribution in [-0.4, -0.2) is 18.1 Å². The molecule has 0 saturated carbocycles. The van der Waals surface area contributed by atoms with Gasteiger partial charge in [0.2, 0.25) is 0 Å². The predicted octanol–water partition coefficient (Wildman–Crippen LogP) is 3.08. The molecule has 0 saturated heterocycles. The number of rotatable bonds is 1. The zero-order valence-corrected chi connectivity index (χ0v) is 9.51. The van der Waals surface area contributed by atoms with Gasteiger partial charge in [-0.3, -0.25) is 0 Å². The second-order valence-electron chi connectivity index (χ2n) is 3.53. The third kappa shape index (κ3) is 2.64. The van der Waals surface area contributed by atoms with Gasteiger partial charge < -0.3 is 9.72 Å². The van der Waals surface area contributed by atoms with E-state index >= 15 is 0 Å². The molecule has 17 heavy (non-hydrogen) atoms. The first-order chi connectivity index (χ1) is 8.31. The first-order valence-electron chi connectivity index (χ1n) is 5.30. The summed E-state index contributed by atoms with van der Waals surface area (Å²) in [6.45, 7) is 0. The Hall–Kier alpha value is -2.29. The van der Waals surface area contributed by atoms with Crippen LogP contribution in [0.1, 0.15) is 10.5 Å². The fraction of sp³-hybridized carbons (Fsp3) is 0.0714. The van der Waals surface area contributed by atoms with E-state index in [1.165, 1.54) is 7.11 Å². The molecule has 2 aromatic rings. The zero-order valence-electron chi connectivity index (χ0n) is 9.51. The molecule has 0 aliphatic rings. The molecule has 2 rings (SSSR count). The number of esters is 1. The fourth-order valence-corrected chi connectivity index (χ4v) is 1.55. The summed E-state index contributed by atoms with van der Waals surface area (Å²) in [7, 11) is 1.37. The number of fused-ring (bicyclic) bond motifs is 1. The maximum atomic E-state index is 11.4. The molecule has 0 aliphatic carbocycles. The largest absolute Gasteiger partial charge is 0.464 e. The molecular weight excluding hydrogens is 214 g/mol. The normalized spacial score (nSPS) is 9.71. The number of hydrogen-bond donors (Lipinski definition) is 1. The Morgan fingerprint density at radius 2 is 1.71 bits per heavy atom. The number of carbonyl (C=O) groups excluding carboxylic acids is 1. The minimum atomic E-state index is -0.361. The van der Waals surface area contributed by atoms with Gasteiger partial charge in [0.25, 0.3) is 0 Å². The maximum Gasteiger partial charge on any atom is 0.354 e. The van der Waals surface area contributed by atoms with Crippen LogP contribution in [0.5, 0.6) is 0 Å². The van der Waals surface area contributed by atoms with Gasteiger partial charge >= 0.3 is 5.97 Å². The fourth-order valence-electron chi connectivity index (χ4n) is 1.55. The number of ether oxygens (including phenoxy) is 1. The molecule has 86 valence electrons. The van der Waals surface area contributed by atoms with Crippen molar-refractivity contribution < 1.29 is 9.53 Å². The second-order valence-corrected chi connectivity index (χ2v) is 3.53. The summed E-state index contributed by atoms with van der Waals surface area (Å²) in [5.41, 5.74) is 1.35. The molecule has 0 spiro atoms. The van der Waals surface area contributed by atoms with Crippen molar-refractivity contribution in [3.05, 3.63) is 60.3 Å². The van der Waals surface area contributed by atoms with Gasteiger partial charge in [-0.25, -0.2) is 4.79 Å². The molecule has 3 nitrogen and oxygen atoms in total. The number of aromatic nitrogens is 1. The highest BCUT2D eigenvalue weighted by atomic mass is 16.5. The lowest BCUT2D eigenvalue weighted by molar-refractivity contribution is 0.0595. The summed E-state index contributed by atoms with van der Waals surface area (Å²) < 4.78 is 4.68. The van der Waals surface area contributed by atoms with Gasteiger partial charge in [0, 0.05) is 10.9 Å². The van der Waals surface area contributed by atoms with Gasteiger partial charge in [0.05, 0.1) is 7.11 Å². The van der Waals surface area contributed by atoms with Crippen LogP contribution in [0.2, 0.25) is 0 Å². The summed E-state index contributed by atoms with van der Waals surface area (Å²) in [5.74, 6) is -0.361. The lowest BCUT2D eigenvalue weighted by Crippen LogP contribution is -2.00. The summed E-state index contributed by atoms with van der Waals surface area (Å²) in [6.07, 6.45) is 0. The molecule has 0 amide bonds. The Kier molecular flexibility index (Phi) is 3.40. The van der Waals surface area contributed by atoms with Gasteiger partial charge in [0.1, 0.15) is 5.69 Å². The van der Waals surface area contributed by atoms with Crippen molar-refractivity contribution in [3.8, 4) is 0 Å². The average molecular weight is 227 g/mol. The summed E-state index contributed by atoms with van der Waals surface area (Å²) in [6, 6.07) is 17.2. The van der Waals surface area contributed by atoms with E-state index < -0.39 is 0 Å². The van der Waals surface area contributed by atoms with E-state index in [9.17, 15) is 4.79 Å². The number of methoxy groups -OCH3 is 1. The average Bonchev–Trinajstić information content (AvgIpc) is 2.76. The molecule has 1 aromatic heterocycles. The first-order valence-corrected chi connectivity index (χ1v) is 5.30. The number of carbonyl (C=O) groups is 1. The second kappa shape index (κ2) is 5.16. The molecule has 0 bridgehead atoms. The van der Waals surface area contributed by atoms with Crippen LogP contribution >= 0.6 is 0 Å². The van der Waals surface area contributed by atoms with E-state index in [0.717, 1.165) is 10.9 Å². The van der Waals surface area contributed by atoms with Crippen LogP contribution < -0.4 is 0 Å². The quantitative estimate of drug-likeness (QED) is 0.761. The zero-order chi connectivity index (χ0) is 12.1. The molecule has 1 heterocycles. The van der Waals surface area contributed by atoms with E-state index in [1.54, 1.807) is 6.07 Å². The van der Waals surface area contributed by atoms with Gasteiger partial charge in [-0.1, -0.05) is 42.5 Å². The predicted molar refractivity (Wildman–Crippen MR) is 67.3 cm³/mol. The van der Waals surface area contributed by atoms with Crippen molar-refractivity contribution in [2.45, 2.75) is 0 Å². The van der Waals surface area contributed by atoms with E-state index in [0.29, 0.717) is 5.69 Å². The number of hydrogen-bond acceptors (Lipinski definition) is 2. The highest BCUT2D eigenvalue weighted by Crippen LogP contribution is 2.13. The Balaban J connectivity index is 2.63. The minimum Gasteiger partial charge on any atom is -0.464 e. The van der Waals surface area contributed by atoms with E-state index in [-0.39, 0.29) is 5.97 Å². The topological polar surface area (TPSA) is 42.1 Å². The van der Waals surface area contributed by atoms with Gasteiger partial charge in [0.15, 0.2) is 0 Å². The standard InChI is InChI=1S/C14H13NO2/c1-17-14(16)13-10-11-8-6-4-2-3-5-7-9-12(11)15-13/h2-10,15H,1H3.